The molecule has 25 heavy (non-hydrogen) atoms. The predicted molar refractivity (Wildman–Crippen MR) is 96.9 cm³/mol. The van der Waals surface area contributed by atoms with Crippen molar-refractivity contribution in [1.29, 1.82) is 0 Å². The first-order valence-electron chi connectivity index (χ1n) is 8.74. The van der Waals surface area contributed by atoms with Crippen LogP contribution in [0, 0.1) is 4.84 Å². The molecule has 6 nitrogen and oxygen atoms in total. The number of nitrogens with one attached hydrogen (secondary N) is 1. The topological polar surface area (TPSA) is 71.4 Å². The van der Waals surface area contributed by atoms with Gasteiger partial charge in [-0.1, -0.05) is 6.92 Å². The number of H-pyrrole nitrogens is 1. The van der Waals surface area contributed by atoms with Gasteiger partial charge in [-0.2, -0.15) is 0 Å². The molecule has 0 radical (unpaired) electrons. The van der Waals surface area contributed by atoms with Crippen molar-refractivity contribution in [3.05, 3.63) is 34.7 Å². The average Bonchev–Trinajstić information content (AvgIpc) is 2.93. The number of carbonyl (C=O) groups excluding carboxylic acids is 1. The third-order valence-corrected chi connectivity index (χ3v) is 4.51. The van der Waals surface area contributed by atoms with Gasteiger partial charge in [-0.15, -0.1) is 5.10 Å². The molecule has 0 bridgehead atoms. The van der Waals surface area contributed by atoms with Gasteiger partial charge in [-0.25, -0.2) is 5.10 Å². The molecule has 2 heterocycles. The highest BCUT2D eigenvalue weighted by Gasteiger charge is 2.22. The minimum absolute atomic E-state index is 0.0608. The lowest BCUT2D eigenvalue weighted by Gasteiger charge is -2.21. The van der Waals surface area contributed by atoms with Gasteiger partial charge in [-0.3, -0.25) is 4.79 Å². The molecule has 0 unspecified atom stereocenters. The van der Waals surface area contributed by atoms with E-state index in [1.54, 1.807) is 12.1 Å². The van der Waals surface area contributed by atoms with E-state index in [9.17, 15) is 4.79 Å². The Labute approximate surface area is 152 Å². The lowest BCUT2D eigenvalue weighted by Crippen LogP contribution is -2.32. The highest BCUT2D eigenvalue weighted by atomic mass is 32.1. The van der Waals surface area contributed by atoms with E-state index < -0.39 is 0 Å². The van der Waals surface area contributed by atoms with Gasteiger partial charge >= 0.3 is 0 Å². The molecule has 0 saturated carbocycles. The van der Waals surface area contributed by atoms with E-state index in [2.05, 4.69) is 17.1 Å². The number of aromatic amines is 1. The second-order valence-electron chi connectivity index (χ2n) is 6.21. The van der Waals surface area contributed by atoms with E-state index in [1.165, 1.54) is 0 Å². The molecule has 0 aliphatic carbocycles. The van der Waals surface area contributed by atoms with E-state index >= 15 is 0 Å². The lowest BCUT2D eigenvalue weighted by molar-refractivity contribution is 0.0432. The van der Waals surface area contributed by atoms with Crippen LogP contribution in [0.4, 0.5) is 0 Å². The second-order valence-corrected chi connectivity index (χ2v) is 6.58. The summed E-state index contributed by atoms with van der Waals surface area (Å²) in [4.78, 5) is 14.9. The van der Waals surface area contributed by atoms with Gasteiger partial charge in [0, 0.05) is 30.8 Å². The fourth-order valence-corrected chi connectivity index (χ4v) is 3.14. The quantitative estimate of drug-likeness (QED) is 0.820. The Kier molecular flexibility index (Phi) is 5.99. The summed E-state index contributed by atoms with van der Waals surface area (Å²) in [5, 5.41) is 6.58. The molecule has 1 fully saturated rings. The Balaban J connectivity index is 1.63. The second kappa shape index (κ2) is 8.40. The predicted octanol–water partition coefficient (Wildman–Crippen LogP) is 3.82. The Morgan fingerprint density at radius 1 is 1.36 bits per heavy atom. The number of rotatable bonds is 5. The van der Waals surface area contributed by atoms with Gasteiger partial charge in [0.2, 0.25) is 5.89 Å². The Hall–Kier alpha value is -1.99. The molecule has 1 amide bonds. The van der Waals surface area contributed by atoms with E-state index in [1.807, 2.05) is 17.0 Å². The molecule has 1 aromatic carbocycles. The zero-order valence-electron chi connectivity index (χ0n) is 14.4. The van der Waals surface area contributed by atoms with Crippen molar-refractivity contribution in [3.63, 3.8) is 0 Å². The van der Waals surface area contributed by atoms with Crippen LogP contribution in [0.15, 0.2) is 28.7 Å². The van der Waals surface area contributed by atoms with Crippen molar-refractivity contribution in [2.24, 2.45) is 0 Å². The third-order valence-electron chi connectivity index (χ3n) is 4.34. The molecule has 0 spiro atoms. The van der Waals surface area contributed by atoms with Crippen LogP contribution in [-0.4, -0.2) is 46.8 Å². The van der Waals surface area contributed by atoms with E-state index in [4.69, 9.17) is 21.4 Å². The molecule has 1 aromatic heterocycles. The first-order valence-corrected chi connectivity index (χ1v) is 9.15. The van der Waals surface area contributed by atoms with Gasteiger partial charge in [0.1, 0.15) is 0 Å². The number of nitrogens with zero attached hydrogens (tertiary/aromatic N) is 2. The highest BCUT2D eigenvalue weighted by molar-refractivity contribution is 7.71. The molecular formula is C18H23N3O3S. The van der Waals surface area contributed by atoms with Gasteiger partial charge < -0.3 is 14.1 Å². The molecule has 2 aromatic rings. The van der Waals surface area contributed by atoms with Crippen LogP contribution in [0.25, 0.3) is 11.5 Å². The van der Waals surface area contributed by atoms with E-state index in [0.29, 0.717) is 11.5 Å². The number of aromatic nitrogens is 2. The largest absolute Gasteiger partial charge is 0.409 e. The van der Waals surface area contributed by atoms with Crippen LogP contribution >= 0.6 is 12.2 Å². The maximum absolute atomic E-state index is 12.7. The number of carbonyl (C=O) groups is 1. The first-order chi connectivity index (χ1) is 12.2. The molecule has 1 N–H and O–H groups in total. The van der Waals surface area contributed by atoms with E-state index in [-0.39, 0.29) is 16.8 Å². The summed E-state index contributed by atoms with van der Waals surface area (Å²) in [5.41, 5.74) is 1.46. The summed E-state index contributed by atoms with van der Waals surface area (Å²) < 4.78 is 11.1. The molecule has 134 valence electrons. The fourth-order valence-electron chi connectivity index (χ4n) is 3.01. The zero-order chi connectivity index (χ0) is 17.6. The lowest BCUT2D eigenvalue weighted by atomic mass is 10.1. The van der Waals surface area contributed by atoms with Gasteiger partial charge in [0.05, 0.1) is 6.10 Å². The molecule has 1 aliphatic heterocycles. The third kappa shape index (κ3) is 4.55. The van der Waals surface area contributed by atoms with Crippen molar-refractivity contribution in [1.82, 2.24) is 15.1 Å². The molecule has 7 heteroatoms. The van der Waals surface area contributed by atoms with Crippen molar-refractivity contribution >= 4 is 18.1 Å². The standard InChI is InChI=1S/C18H23N3O3S/c1-2-12-23-15-4-3-10-21(11-9-15)17(22)14-7-5-13(6-8-14)16-19-20-18(25)24-16/h5-8,15H,2-4,9-12H2,1H3,(H,20,25)/t15-/m1/s1. The number of amides is 1. The molecule has 1 saturated heterocycles. The normalized spacial score (nSPS) is 18.1. The zero-order valence-corrected chi connectivity index (χ0v) is 15.2. The summed E-state index contributed by atoms with van der Waals surface area (Å²) in [6, 6.07) is 7.26. The van der Waals surface area contributed by atoms with Crippen molar-refractivity contribution in [2.45, 2.75) is 38.7 Å². The summed E-state index contributed by atoms with van der Waals surface area (Å²) >= 11 is 4.88. The number of likely N-dealkylation sites (tertiary alicyclic amines) is 1. The monoisotopic (exact) mass is 361 g/mol. The maximum atomic E-state index is 12.7. The maximum Gasteiger partial charge on any atom is 0.284 e. The van der Waals surface area contributed by atoms with E-state index in [0.717, 1.165) is 50.9 Å². The van der Waals surface area contributed by atoms with Gasteiger partial charge in [0.25, 0.3) is 10.7 Å². The highest BCUT2D eigenvalue weighted by Crippen LogP contribution is 2.20. The van der Waals surface area contributed by atoms with Crippen LogP contribution in [-0.2, 0) is 4.74 Å². The molecular weight excluding hydrogens is 338 g/mol. The Morgan fingerprint density at radius 2 is 2.16 bits per heavy atom. The minimum Gasteiger partial charge on any atom is -0.409 e. The number of ether oxygens (including phenoxy) is 1. The SMILES string of the molecule is CCCO[C@@H]1CCCN(C(=O)c2ccc(-c3n[nH]c(=S)o3)cc2)CC1. The number of hydrogen-bond donors (Lipinski definition) is 1. The van der Waals surface area contributed by atoms with Gasteiger partial charge in [0.15, 0.2) is 0 Å². The molecule has 3 rings (SSSR count). The Bertz CT molecular complexity index is 753. The molecule has 1 aliphatic rings. The average molecular weight is 361 g/mol. The molecule has 1 atom stereocenters. The summed E-state index contributed by atoms with van der Waals surface area (Å²) in [6.07, 6.45) is 4.20. The van der Waals surface area contributed by atoms with Crippen LogP contribution in [0.1, 0.15) is 43.0 Å². The number of benzene rings is 1. The summed E-state index contributed by atoms with van der Waals surface area (Å²) in [7, 11) is 0. The first kappa shape index (κ1) is 17.8. The van der Waals surface area contributed by atoms with Gasteiger partial charge in [-0.05, 0) is 62.2 Å². The summed E-state index contributed by atoms with van der Waals surface area (Å²) in [6.45, 7) is 4.43. The van der Waals surface area contributed by atoms with Crippen LogP contribution in [0.3, 0.4) is 0 Å². The smallest absolute Gasteiger partial charge is 0.284 e. The van der Waals surface area contributed by atoms with Crippen molar-refractivity contribution in [2.75, 3.05) is 19.7 Å². The fraction of sp³-hybridized carbons (Fsp3) is 0.500. The van der Waals surface area contributed by atoms with Crippen molar-refractivity contribution in [3.8, 4) is 11.5 Å². The van der Waals surface area contributed by atoms with Crippen LogP contribution in [0.2, 0.25) is 0 Å². The number of hydrogen-bond acceptors (Lipinski definition) is 5. The Morgan fingerprint density at radius 3 is 2.84 bits per heavy atom. The van der Waals surface area contributed by atoms with Crippen LogP contribution < -0.4 is 0 Å². The van der Waals surface area contributed by atoms with Crippen LogP contribution in [0.5, 0.6) is 0 Å². The van der Waals surface area contributed by atoms with Crippen molar-refractivity contribution < 1.29 is 13.9 Å². The minimum atomic E-state index is 0.0608. The summed E-state index contributed by atoms with van der Waals surface area (Å²) in [5.74, 6) is 0.486.